The van der Waals surface area contributed by atoms with Crippen LogP contribution >= 0.6 is 0 Å². The van der Waals surface area contributed by atoms with Crippen molar-refractivity contribution in [1.29, 1.82) is 0 Å². The van der Waals surface area contributed by atoms with E-state index in [2.05, 4.69) is 234 Å². The molecule has 1 aliphatic heterocycles. The summed E-state index contributed by atoms with van der Waals surface area (Å²) in [6.07, 6.45) is 5.89. The van der Waals surface area contributed by atoms with E-state index in [9.17, 15) is 0 Å². The van der Waals surface area contributed by atoms with Gasteiger partial charge in [-0.1, -0.05) is 165 Å². The van der Waals surface area contributed by atoms with Crippen LogP contribution in [0, 0.1) is 6.33 Å². The van der Waals surface area contributed by atoms with Crippen LogP contribution in [0.2, 0.25) is 0 Å². The SMILES string of the molecule is CC(C)(C)c1ccnc(-n2c3ccccc3c3ccc(Oc4cccc(-n5[c-][n+]6c7c(cccc75)-c5ccccc5-c5ccccc5-c5cc(C(C)(C)C)cc(C(C)(C)C)c5-6)c4)cc32)c1. The number of hydrogen-bond donors (Lipinski definition) is 0. The van der Waals surface area contributed by atoms with Gasteiger partial charge in [-0.2, -0.15) is 0 Å². The number of imidazole rings is 1. The van der Waals surface area contributed by atoms with Gasteiger partial charge in [-0.25, -0.2) is 4.98 Å². The summed E-state index contributed by atoms with van der Waals surface area (Å²) in [6.45, 7) is 20.7. The first-order chi connectivity index (χ1) is 31.1. The van der Waals surface area contributed by atoms with Gasteiger partial charge >= 0.3 is 0 Å². The number of rotatable bonds is 4. The first kappa shape index (κ1) is 40.5. The number of para-hydroxylation sites is 2. The first-order valence-corrected chi connectivity index (χ1v) is 22.8. The highest BCUT2D eigenvalue weighted by molar-refractivity contribution is 6.09. The Hall–Kier alpha value is -7.24. The van der Waals surface area contributed by atoms with E-state index in [-0.39, 0.29) is 16.2 Å². The van der Waals surface area contributed by atoms with Gasteiger partial charge in [0.05, 0.1) is 33.4 Å². The van der Waals surface area contributed by atoms with Crippen LogP contribution in [-0.4, -0.2) is 14.1 Å². The van der Waals surface area contributed by atoms with E-state index in [1.54, 1.807) is 0 Å². The van der Waals surface area contributed by atoms with Crippen molar-refractivity contribution in [3.63, 3.8) is 0 Å². The van der Waals surface area contributed by atoms with Crippen molar-refractivity contribution in [2.75, 3.05) is 0 Å². The van der Waals surface area contributed by atoms with Crippen LogP contribution in [-0.2, 0) is 16.2 Å². The Morgan fingerprint density at radius 1 is 0.477 bits per heavy atom. The second-order valence-electron chi connectivity index (χ2n) is 20.7. The minimum absolute atomic E-state index is 0.0154. The molecule has 5 nitrogen and oxygen atoms in total. The Morgan fingerprint density at radius 3 is 1.78 bits per heavy atom. The fourth-order valence-corrected chi connectivity index (χ4v) is 9.81. The summed E-state index contributed by atoms with van der Waals surface area (Å²) < 4.78 is 13.7. The molecule has 4 heterocycles. The van der Waals surface area contributed by atoms with Crippen LogP contribution in [0.3, 0.4) is 0 Å². The zero-order valence-corrected chi connectivity index (χ0v) is 38.8. The smallest absolute Gasteiger partial charge is 0.269 e. The van der Waals surface area contributed by atoms with Crippen molar-refractivity contribution in [2.45, 2.75) is 78.6 Å². The predicted octanol–water partition coefficient (Wildman–Crippen LogP) is 15.2. The lowest BCUT2D eigenvalue weighted by atomic mass is 9.77. The number of ether oxygens (including phenoxy) is 1. The van der Waals surface area contributed by atoms with Gasteiger partial charge in [0.2, 0.25) is 0 Å². The van der Waals surface area contributed by atoms with Crippen LogP contribution in [0.1, 0.15) is 79.0 Å². The average molecular weight is 847 g/mol. The molecule has 0 amide bonds. The van der Waals surface area contributed by atoms with E-state index >= 15 is 0 Å². The number of fused-ring (bicyclic) bond motifs is 10. The van der Waals surface area contributed by atoms with E-state index in [0.717, 1.165) is 61.7 Å². The van der Waals surface area contributed by atoms with Gasteiger partial charge in [0.25, 0.3) is 6.33 Å². The molecular formula is C60H54N4O. The minimum atomic E-state index is -0.183. The summed E-state index contributed by atoms with van der Waals surface area (Å²) in [6, 6.07) is 57.0. The lowest BCUT2D eigenvalue weighted by Gasteiger charge is -2.30. The third kappa shape index (κ3) is 6.75. The van der Waals surface area contributed by atoms with Gasteiger partial charge in [0.1, 0.15) is 17.3 Å². The van der Waals surface area contributed by atoms with Gasteiger partial charge in [-0.3, -0.25) is 13.7 Å². The van der Waals surface area contributed by atoms with Crippen molar-refractivity contribution in [3.8, 4) is 62.1 Å². The van der Waals surface area contributed by atoms with Gasteiger partial charge < -0.3 is 4.74 Å². The Bertz CT molecular complexity index is 3530. The highest BCUT2D eigenvalue weighted by atomic mass is 16.5. The highest BCUT2D eigenvalue weighted by Crippen LogP contribution is 2.46. The first-order valence-electron chi connectivity index (χ1n) is 22.8. The van der Waals surface area contributed by atoms with Gasteiger partial charge in [-0.15, -0.1) is 0 Å². The molecule has 0 bridgehead atoms. The number of benzene rings is 7. The topological polar surface area (TPSA) is 35.9 Å². The molecule has 0 fully saturated rings. The van der Waals surface area contributed by atoms with Crippen LogP contribution in [0.25, 0.3) is 83.4 Å². The largest absolute Gasteiger partial charge is 0.458 e. The maximum atomic E-state index is 6.83. The molecule has 7 aromatic carbocycles. The van der Waals surface area contributed by atoms with Crippen molar-refractivity contribution in [3.05, 3.63) is 187 Å². The fourth-order valence-electron chi connectivity index (χ4n) is 9.81. The summed E-state index contributed by atoms with van der Waals surface area (Å²) in [4.78, 5) is 4.90. The third-order valence-electron chi connectivity index (χ3n) is 13.2. The van der Waals surface area contributed by atoms with E-state index in [4.69, 9.17) is 9.72 Å². The Kier molecular flexibility index (Phi) is 9.13. The Labute approximate surface area is 382 Å². The molecule has 0 saturated heterocycles. The molecule has 0 spiro atoms. The molecule has 320 valence electrons. The van der Waals surface area contributed by atoms with Crippen LogP contribution in [0.5, 0.6) is 11.5 Å². The summed E-state index contributed by atoms with van der Waals surface area (Å²) in [5, 5.41) is 2.33. The van der Waals surface area contributed by atoms with Gasteiger partial charge in [0.15, 0.2) is 0 Å². The predicted molar refractivity (Wildman–Crippen MR) is 268 cm³/mol. The molecule has 65 heavy (non-hydrogen) atoms. The van der Waals surface area contributed by atoms with Gasteiger partial charge in [-0.05, 0) is 115 Å². The molecule has 0 unspecified atom stereocenters. The molecule has 10 aromatic rings. The third-order valence-corrected chi connectivity index (χ3v) is 13.2. The zero-order chi connectivity index (χ0) is 45.0. The number of aromatic nitrogens is 4. The quantitative estimate of drug-likeness (QED) is 0.131. The zero-order valence-electron chi connectivity index (χ0n) is 38.8. The van der Waals surface area contributed by atoms with E-state index in [1.807, 2.05) is 12.3 Å². The van der Waals surface area contributed by atoms with Crippen molar-refractivity contribution in [1.82, 2.24) is 14.1 Å². The molecule has 11 rings (SSSR count). The van der Waals surface area contributed by atoms with E-state index in [0.29, 0.717) is 0 Å². The summed E-state index contributed by atoms with van der Waals surface area (Å²) in [7, 11) is 0. The van der Waals surface area contributed by atoms with Gasteiger partial charge in [0, 0.05) is 23.0 Å². The number of hydrogen-bond acceptors (Lipinski definition) is 2. The molecule has 0 saturated carbocycles. The van der Waals surface area contributed by atoms with Crippen molar-refractivity contribution in [2.24, 2.45) is 0 Å². The van der Waals surface area contributed by atoms with Crippen molar-refractivity contribution < 1.29 is 9.30 Å². The lowest BCUT2D eigenvalue weighted by Crippen LogP contribution is -2.35. The maximum absolute atomic E-state index is 6.83. The summed E-state index contributed by atoms with van der Waals surface area (Å²) in [5.74, 6) is 2.38. The fraction of sp³-hybridized carbons (Fsp3) is 0.200. The highest BCUT2D eigenvalue weighted by Gasteiger charge is 2.31. The molecule has 1 aliphatic rings. The van der Waals surface area contributed by atoms with E-state index < -0.39 is 0 Å². The molecule has 5 heteroatoms. The summed E-state index contributed by atoms with van der Waals surface area (Å²) >= 11 is 0. The maximum Gasteiger partial charge on any atom is 0.269 e. The van der Waals surface area contributed by atoms with Crippen molar-refractivity contribution >= 4 is 32.8 Å². The Morgan fingerprint density at radius 2 is 1.08 bits per heavy atom. The second-order valence-corrected chi connectivity index (χ2v) is 20.7. The van der Waals surface area contributed by atoms with E-state index in [1.165, 1.54) is 49.9 Å². The minimum Gasteiger partial charge on any atom is -0.458 e. The molecule has 0 aliphatic carbocycles. The molecular weight excluding hydrogens is 793 g/mol. The number of nitrogens with zero attached hydrogens (tertiary/aromatic N) is 4. The normalized spacial score (nSPS) is 12.7. The Balaban J connectivity index is 1.11. The second kappa shape index (κ2) is 14.6. The molecule has 3 aromatic heterocycles. The average Bonchev–Trinajstić information content (AvgIpc) is 3.84. The molecule has 0 N–H and O–H groups in total. The number of pyridine rings is 1. The van der Waals surface area contributed by atoms with Crippen LogP contribution in [0.15, 0.2) is 164 Å². The molecule has 0 atom stereocenters. The lowest BCUT2D eigenvalue weighted by molar-refractivity contribution is -0.572. The van der Waals surface area contributed by atoms with Crippen LogP contribution < -0.4 is 9.30 Å². The standard InChI is InChI=1S/C60H54N4O/c1-58(2,3)38-30-31-61-55(34-38)64-52-26-15-14-24-47(52)48-29-28-42(36-54(48)64)65-41-19-16-18-40(35-41)62-37-63-56-50(32-39(59(4,5)6)33-51(56)60(7,8)9)46-23-13-11-21-44(46)43-20-10-12-22-45(43)49-25-17-27-53(62)57(49)63/h10-36H,1-9H3. The van der Waals surface area contributed by atoms with Crippen LogP contribution in [0.4, 0.5) is 0 Å². The molecule has 0 radical (unpaired) electrons. The monoisotopic (exact) mass is 846 g/mol. The summed E-state index contributed by atoms with van der Waals surface area (Å²) in [5.41, 5.74) is 17.2.